The third-order valence-corrected chi connectivity index (χ3v) is 5.97. The lowest BCUT2D eigenvalue weighted by atomic mass is 9.95. The van der Waals surface area contributed by atoms with Gasteiger partial charge >= 0.3 is 5.97 Å². The zero-order valence-electron chi connectivity index (χ0n) is 22.9. The summed E-state index contributed by atoms with van der Waals surface area (Å²) in [4.78, 5) is 14.7. The van der Waals surface area contributed by atoms with Crippen molar-refractivity contribution < 1.29 is 18.3 Å². The first kappa shape index (κ1) is 32.7. The van der Waals surface area contributed by atoms with E-state index in [9.17, 15) is 13.6 Å². The van der Waals surface area contributed by atoms with Gasteiger partial charge in [0, 0.05) is 0 Å². The second kappa shape index (κ2) is 20.0. The van der Waals surface area contributed by atoms with E-state index in [-0.39, 0.29) is 11.9 Å². The normalized spacial score (nSPS) is 14.2. The molecule has 1 unspecified atom stereocenters. The van der Waals surface area contributed by atoms with Crippen molar-refractivity contribution >= 4 is 5.97 Å². The number of nitrogens with zero attached hydrogens (tertiary/aromatic N) is 1. The molecule has 2 aromatic rings. The predicted octanol–water partition coefficient (Wildman–Crippen LogP) is 7.86. The van der Waals surface area contributed by atoms with E-state index in [4.69, 9.17) is 4.74 Å². The summed E-state index contributed by atoms with van der Waals surface area (Å²) in [7, 11) is 2.15. The van der Waals surface area contributed by atoms with E-state index in [0.29, 0.717) is 12.5 Å². The van der Waals surface area contributed by atoms with Gasteiger partial charge < -0.3 is 9.64 Å². The molecule has 0 bridgehead atoms. The Kier molecular flexibility index (Phi) is 18.7. The zero-order valence-corrected chi connectivity index (χ0v) is 22.9. The number of rotatable bonds is 7. The summed E-state index contributed by atoms with van der Waals surface area (Å²) in [6.07, 6.45) is 4.98. The van der Waals surface area contributed by atoms with Crippen LogP contribution in [0.5, 0.6) is 0 Å². The van der Waals surface area contributed by atoms with Crippen LogP contribution in [-0.2, 0) is 16.0 Å². The fraction of sp³-hybridized carbons (Fsp3) is 0.567. The Morgan fingerprint density at radius 2 is 1.49 bits per heavy atom. The largest absolute Gasteiger partial charge is 0.465 e. The van der Waals surface area contributed by atoms with Gasteiger partial charge in [-0.1, -0.05) is 71.0 Å². The number of piperidine rings is 1. The van der Waals surface area contributed by atoms with Crippen molar-refractivity contribution in [1.82, 2.24) is 4.90 Å². The summed E-state index contributed by atoms with van der Waals surface area (Å²) >= 11 is 0. The second-order valence-corrected chi connectivity index (χ2v) is 8.36. The molecule has 3 rings (SSSR count). The number of hydrogen-bond acceptors (Lipinski definition) is 3. The van der Waals surface area contributed by atoms with Crippen LogP contribution >= 0.6 is 0 Å². The first-order valence-electron chi connectivity index (χ1n) is 13.2. The van der Waals surface area contributed by atoms with Gasteiger partial charge in [0.25, 0.3) is 0 Å². The van der Waals surface area contributed by atoms with Crippen LogP contribution in [0, 0.1) is 30.4 Å². The van der Waals surface area contributed by atoms with Gasteiger partial charge in [-0.25, -0.2) is 8.78 Å². The molecule has 0 aromatic heterocycles. The van der Waals surface area contributed by atoms with E-state index < -0.39 is 11.6 Å². The van der Waals surface area contributed by atoms with Gasteiger partial charge in [0.1, 0.15) is 0 Å². The molecular weight excluding hydrogens is 444 g/mol. The van der Waals surface area contributed by atoms with E-state index in [1.165, 1.54) is 23.3 Å². The number of benzene rings is 2. The number of esters is 1. The summed E-state index contributed by atoms with van der Waals surface area (Å²) in [5.41, 5.74) is 2.65. The Morgan fingerprint density at radius 3 is 1.97 bits per heavy atom. The van der Waals surface area contributed by atoms with Crippen LogP contribution in [0.25, 0.3) is 0 Å². The molecule has 0 spiro atoms. The minimum absolute atomic E-state index is 0.0000113. The fourth-order valence-electron chi connectivity index (χ4n) is 3.69. The highest BCUT2D eigenvalue weighted by atomic mass is 19.2. The van der Waals surface area contributed by atoms with Crippen molar-refractivity contribution in [2.75, 3.05) is 26.7 Å². The molecule has 0 amide bonds. The van der Waals surface area contributed by atoms with Gasteiger partial charge in [-0.05, 0) is 88.3 Å². The van der Waals surface area contributed by atoms with Crippen molar-refractivity contribution in [2.45, 2.75) is 73.6 Å². The quantitative estimate of drug-likeness (QED) is 0.369. The average molecular weight is 492 g/mol. The van der Waals surface area contributed by atoms with Gasteiger partial charge in [-0.2, -0.15) is 0 Å². The third kappa shape index (κ3) is 13.4. The molecule has 0 N–H and O–H groups in total. The highest BCUT2D eigenvalue weighted by Crippen LogP contribution is 2.20. The van der Waals surface area contributed by atoms with Gasteiger partial charge in [-0.15, -0.1) is 0 Å². The molecule has 3 nitrogen and oxygen atoms in total. The molecule has 198 valence electrons. The molecule has 35 heavy (non-hydrogen) atoms. The van der Waals surface area contributed by atoms with Crippen LogP contribution in [0.4, 0.5) is 8.78 Å². The van der Waals surface area contributed by atoms with E-state index in [0.717, 1.165) is 57.3 Å². The summed E-state index contributed by atoms with van der Waals surface area (Å²) in [6.45, 7) is 15.1. The van der Waals surface area contributed by atoms with Crippen molar-refractivity contribution in [3.63, 3.8) is 0 Å². The molecule has 1 fully saturated rings. The lowest BCUT2D eigenvalue weighted by Crippen LogP contribution is -2.33. The molecule has 0 aliphatic carbocycles. The predicted molar refractivity (Wildman–Crippen MR) is 144 cm³/mol. The summed E-state index contributed by atoms with van der Waals surface area (Å²) < 4.78 is 29.5. The number of ether oxygens (including phenoxy) is 1. The first-order chi connectivity index (χ1) is 16.9. The van der Waals surface area contributed by atoms with Crippen molar-refractivity contribution in [3.05, 3.63) is 71.3 Å². The molecule has 1 heterocycles. The van der Waals surface area contributed by atoms with Gasteiger partial charge in [0.05, 0.1) is 12.5 Å². The van der Waals surface area contributed by atoms with Crippen molar-refractivity contribution in [1.29, 1.82) is 0 Å². The monoisotopic (exact) mass is 491 g/mol. The number of aryl methyl sites for hydroxylation is 2. The van der Waals surface area contributed by atoms with Crippen LogP contribution in [0.15, 0.2) is 48.5 Å². The number of hydrogen-bond donors (Lipinski definition) is 0. The number of carbonyl (C=O) groups excluding carboxylic acids is 1. The minimum Gasteiger partial charge on any atom is -0.465 e. The van der Waals surface area contributed by atoms with E-state index in [2.05, 4.69) is 50.1 Å². The molecule has 1 saturated heterocycles. The average Bonchev–Trinajstić information content (AvgIpc) is 2.89. The van der Waals surface area contributed by atoms with Gasteiger partial charge in [0.15, 0.2) is 11.6 Å². The molecule has 1 atom stereocenters. The maximum Gasteiger partial charge on any atom is 0.308 e. The van der Waals surface area contributed by atoms with Gasteiger partial charge in [0.2, 0.25) is 0 Å². The molecule has 1 aliphatic heterocycles. The van der Waals surface area contributed by atoms with Crippen LogP contribution in [0.2, 0.25) is 0 Å². The van der Waals surface area contributed by atoms with Crippen molar-refractivity contribution in [3.8, 4) is 0 Å². The standard InChI is InChI=1S/C20H31NO2.C6H4F2.2C2H6/c1-4-18(9-10-19-8-6-5-7-16(19)2)20(22)23-15-17-11-13-21(3)14-12-17;7-5-3-1-2-4-6(5)8;2*1-2/h5-8,17-18H,4,9-15H2,1-3H3;1-4H;2*1-2H3. The molecule has 2 aromatic carbocycles. The Bertz CT molecular complexity index is 783. The fourth-order valence-corrected chi connectivity index (χ4v) is 3.69. The minimum atomic E-state index is -0.799. The van der Waals surface area contributed by atoms with Crippen LogP contribution in [-0.4, -0.2) is 37.6 Å². The molecular formula is C30H47F2NO2. The topological polar surface area (TPSA) is 29.5 Å². The maximum atomic E-state index is 12.4. The van der Waals surface area contributed by atoms with Gasteiger partial charge in [-0.3, -0.25) is 4.79 Å². The summed E-state index contributed by atoms with van der Waals surface area (Å²) in [6, 6.07) is 13.5. The smallest absolute Gasteiger partial charge is 0.308 e. The van der Waals surface area contributed by atoms with Crippen LogP contribution in [0.1, 0.15) is 71.4 Å². The van der Waals surface area contributed by atoms with Crippen LogP contribution < -0.4 is 0 Å². The van der Waals surface area contributed by atoms with E-state index in [1.54, 1.807) is 0 Å². The van der Waals surface area contributed by atoms with E-state index >= 15 is 0 Å². The zero-order chi connectivity index (χ0) is 26.6. The molecule has 0 radical (unpaired) electrons. The lowest BCUT2D eigenvalue weighted by Gasteiger charge is -2.28. The number of carbonyl (C=O) groups is 1. The number of halogens is 2. The SMILES string of the molecule is CC.CC.CCC(CCc1ccccc1C)C(=O)OCC1CCN(C)CC1.Fc1ccccc1F. The highest BCUT2D eigenvalue weighted by molar-refractivity contribution is 5.72. The molecule has 5 heteroatoms. The maximum absolute atomic E-state index is 12.4. The second-order valence-electron chi connectivity index (χ2n) is 8.36. The molecule has 0 saturated carbocycles. The first-order valence-corrected chi connectivity index (χ1v) is 13.2. The third-order valence-electron chi connectivity index (χ3n) is 5.97. The Morgan fingerprint density at radius 1 is 0.971 bits per heavy atom. The number of likely N-dealkylation sites (tertiary alicyclic amines) is 1. The Hall–Kier alpha value is -2.27. The summed E-state index contributed by atoms with van der Waals surface area (Å²) in [5, 5.41) is 0. The van der Waals surface area contributed by atoms with Crippen LogP contribution in [0.3, 0.4) is 0 Å². The summed E-state index contributed by atoms with van der Waals surface area (Å²) in [5.74, 6) is -1.02. The Balaban J connectivity index is 0.000000801. The highest BCUT2D eigenvalue weighted by Gasteiger charge is 2.22. The van der Waals surface area contributed by atoms with Crippen molar-refractivity contribution in [2.24, 2.45) is 11.8 Å². The Labute approximate surface area is 212 Å². The lowest BCUT2D eigenvalue weighted by molar-refractivity contribution is -0.150. The van der Waals surface area contributed by atoms with E-state index in [1.807, 2.05) is 27.7 Å². The molecule has 1 aliphatic rings.